The van der Waals surface area contributed by atoms with Crippen molar-refractivity contribution in [1.82, 2.24) is 4.57 Å². The minimum Gasteiger partial charge on any atom is -0.313 e. The average molecular weight is 316 g/mol. The lowest BCUT2D eigenvalue weighted by molar-refractivity contribution is 0.667. The van der Waals surface area contributed by atoms with E-state index in [2.05, 4.69) is 28.8 Å². The fourth-order valence-electron chi connectivity index (χ4n) is 3.40. The third-order valence-corrected chi connectivity index (χ3v) is 4.81. The zero-order valence-electron chi connectivity index (χ0n) is 11.6. The van der Waals surface area contributed by atoms with Crippen molar-refractivity contribution in [3.8, 4) is 5.69 Å². The fraction of sp³-hybridized carbons (Fsp3) is 0.222. The second-order valence-electron chi connectivity index (χ2n) is 5.61. The summed E-state index contributed by atoms with van der Waals surface area (Å²) < 4.78 is 2.37. The molecule has 1 nitrogen and oxygen atoms in total. The van der Waals surface area contributed by atoms with Gasteiger partial charge in [0.05, 0.1) is 5.52 Å². The Balaban J connectivity index is 2.05. The third-order valence-electron chi connectivity index (χ3n) is 4.32. The molecule has 0 unspecified atom stereocenters. The van der Waals surface area contributed by atoms with Crippen LogP contribution in [0.4, 0.5) is 0 Å². The number of hydrogen-bond donors (Lipinski definition) is 0. The normalized spacial score (nSPS) is 14.4. The van der Waals surface area contributed by atoms with Gasteiger partial charge in [0.2, 0.25) is 0 Å². The highest BCUT2D eigenvalue weighted by atomic mass is 35.5. The molecule has 4 rings (SSSR count). The van der Waals surface area contributed by atoms with E-state index >= 15 is 0 Å². The van der Waals surface area contributed by atoms with Crippen LogP contribution in [0.1, 0.15) is 24.1 Å². The second-order valence-corrected chi connectivity index (χ2v) is 6.48. The van der Waals surface area contributed by atoms with Gasteiger partial charge < -0.3 is 4.57 Å². The van der Waals surface area contributed by atoms with Gasteiger partial charge >= 0.3 is 0 Å². The zero-order chi connectivity index (χ0) is 14.4. The minimum atomic E-state index is 0.770. The first-order valence-corrected chi connectivity index (χ1v) is 8.07. The number of rotatable bonds is 1. The Labute approximate surface area is 134 Å². The van der Waals surface area contributed by atoms with Crippen LogP contribution >= 0.6 is 23.2 Å². The van der Waals surface area contributed by atoms with E-state index in [1.54, 1.807) is 0 Å². The predicted molar refractivity (Wildman–Crippen MR) is 89.9 cm³/mol. The van der Waals surface area contributed by atoms with Crippen LogP contribution in [0.15, 0.2) is 42.5 Å². The molecular weight excluding hydrogens is 301 g/mol. The maximum atomic E-state index is 6.21. The number of halogens is 2. The molecule has 2 aromatic carbocycles. The molecule has 0 aliphatic heterocycles. The van der Waals surface area contributed by atoms with E-state index in [9.17, 15) is 0 Å². The predicted octanol–water partition coefficient (Wildman–Crippen LogP) is 5.82. The Morgan fingerprint density at radius 3 is 2.33 bits per heavy atom. The number of hydrogen-bond acceptors (Lipinski definition) is 0. The van der Waals surface area contributed by atoms with Crippen molar-refractivity contribution in [3.05, 3.63) is 63.8 Å². The van der Waals surface area contributed by atoms with Crippen LogP contribution in [0.5, 0.6) is 0 Å². The summed E-state index contributed by atoms with van der Waals surface area (Å²) in [7, 11) is 0. The molecule has 0 N–H and O–H groups in total. The molecule has 0 saturated heterocycles. The quantitative estimate of drug-likeness (QED) is 0.533. The van der Waals surface area contributed by atoms with E-state index in [0.717, 1.165) is 22.9 Å². The summed E-state index contributed by atoms with van der Waals surface area (Å²) in [4.78, 5) is 0. The number of aryl methyl sites for hydroxylation is 1. The maximum Gasteiger partial charge on any atom is 0.0535 e. The molecule has 0 atom stereocenters. The summed E-state index contributed by atoms with van der Waals surface area (Å²) in [5.41, 5.74) is 5.32. The van der Waals surface area contributed by atoms with Gasteiger partial charge in [-0.25, -0.2) is 0 Å². The van der Waals surface area contributed by atoms with Crippen molar-refractivity contribution in [3.63, 3.8) is 0 Å². The van der Waals surface area contributed by atoms with E-state index < -0.39 is 0 Å². The topological polar surface area (TPSA) is 4.93 Å². The van der Waals surface area contributed by atoms with Crippen LogP contribution in [0.2, 0.25) is 10.0 Å². The van der Waals surface area contributed by atoms with E-state index in [0.29, 0.717) is 0 Å². The standard InChI is InChI=1S/C18H15Cl2N/c19-12-5-8-14(9-6-12)21-17-4-2-1-3-15(17)16-11-13(20)7-10-18(16)21/h5-11H,1-4H2. The van der Waals surface area contributed by atoms with Gasteiger partial charge in [-0.15, -0.1) is 0 Å². The fourth-order valence-corrected chi connectivity index (χ4v) is 3.70. The Hall–Kier alpha value is -1.44. The lowest BCUT2D eigenvalue weighted by Crippen LogP contribution is -2.06. The van der Waals surface area contributed by atoms with Gasteiger partial charge in [0.15, 0.2) is 0 Å². The molecule has 0 bridgehead atoms. The summed E-state index contributed by atoms with van der Waals surface area (Å²) in [6.45, 7) is 0. The molecule has 0 fully saturated rings. The molecule has 0 amide bonds. The second kappa shape index (κ2) is 5.08. The van der Waals surface area contributed by atoms with Crippen molar-refractivity contribution in [1.29, 1.82) is 0 Å². The molecule has 1 aromatic heterocycles. The number of benzene rings is 2. The Bertz CT molecular complexity index is 815. The highest BCUT2D eigenvalue weighted by molar-refractivity contribution is 6.31. The molecule has 0 spiro atoms. The van der Waals surface area contributed by atoms with Crippen LogP contribution in [-0.4, -0.2) is 4.57 Å². The van der Waals surface area contributed by atoms with Gasteiger partial charge in [-0.2, -0.15) is 0 Å². The first-order valence-electron chi connectivity index (χ1n) is 7.32. The Morgan fingerprint density at radius 1 is 0.810 bits per heavy atom. The lowest BCUT2D eigenvalue weighted by atomic mass is 9.95. The van der Waals surface area contributed by atoms with Crippen LogP contribution in [0, 0.1) is 0 Å². The summed E-state index contributed by atoms with van der Waals surface area (Å²) >= 11 is 12.2. The van der Waals surface area contributed by atoms with Crippen molar-refractivity contribution in [2.75, 3.05) is 0 Å². The van der Waals surface area contributed by atoms with Crippen LogP contribution < -0.4 is 0 Å². The van der Waals surface area contributed by atoms with Crippen molar-refractivity contribution in [2.45, 2.75) is 25.7 Å². The van der Waals surface area contributed by atoms with E-state index in [1.165, 1.54) is 40.7 Å². The smallest absolute Gasteiger partial charge is 0.0535 e. The van der Waals surface area contributed by atoms with Gasteiger partial charge in [0.1, 0.15) is 0 Å². The Kier molecular flexibility index (Phi) is 3.20. The highest BCUT2D eigenvalue weighted by Gasteiger charge is 2.20. The van der Waals surface area contributed by atoms with E-state index in [-0.39, 0.29) is 0 Å². The monoisotopic (exact) mass is 315 g/mol. The van der Waals surface area contributed by atoms with Crippen LogP contribution in [0.25, 0.3) is 16.6 Å². The first kappa shape index (κ1) is 13.2. The van der Waals surface area contributed by atoms with E-state index in [4.69, 9.17) is 23.2 Å². The van der Waals surface area contributed by atoms with Gasteiger partial charge in [0, 0.05) is 26.8 Å². The molecule has 1 aliphatic rings. The molecular formula is C18H15Cl2N. The lowest BCUT2D eigenvalue weighted by Gasteiger charge is -2.16. The van der Waals surface area contributed by atoms with Crippen LogP contribution in [0.3, 0.4) is 0 Å². The number of nitrogens with zero attached hydrogens (tertiary/aromatic N) is 1. The number of fused-ring (bicyclic) bond motifs is 3. The molecule has 1 heterocycles. The largest absolute Gasteiger partial charge is 0.313 e. The molecule has 0 saturated carbocycles. The van der Waals surface area contributed by atoms with Crippen LogP contribution in [-0.2, 0) is 12.8 Å². The molecule has 1 aliphatic carbocycles. The molecule has 0 radical (unpaired) electrons. The van der Waals surface area contributed by atoms with Gasteiger partial charge in [-0.3, -0.25) is 0 Å². The minimum absolute atomic E-state index is 0.770. The SMILES string of the molecule is Clc1ccc(-n2c3c(c4cc(Cl)ccc42)CCCC3)cc1. The van der Waals surface area contributed by atoms with Gasteiger partial charge in [0.25, 0.3) is 0 Å². The maximum absolute atomic E-state index is 6.21. The van der Waals surface area contributed by atoms with Crippen molar-refractivity contribution < 1.29 is 0 Å². The first-order chi connectivity index (χ1) is 10.2. The zero-order valence-corrected chi connectivity index (χ0v) is 13.1. The molecule has 21 heavy (non-hydrogen) atoms. The van der Waals surface area contributed by atoms with Gasteiger partial charge in [-0.05, 0) is 73.7 Å². The molecule has 3 heteroatoms. The average Bonchev–Trinajstić information content (AvgIpc) is 2.82. The Morgan fingerprint density at radius 2 is 1.52 bits per heavy atom. The highest BCUT2D eigenvalue weighted by Crippen LogP contribution is 2.36. The molecule has 106 valence electrons. The van der Waals surface area contributed by atoms with Crippen molar-refractivity contribution in [2.24, 2.45) is 0 Å². The molecule has 3 aromatic rings. The summed E-state index contributed by atoms with van der Waals surface area (Å²) in [6.07, 6.45) is 4.79. The summed E-state index contributed by atoms with van der Waals surface area (Å²) in [5.74, 6) is 0. The summed E-state index contributed by atoms with van der Waals surface area (Å²) in [5, 5.41) is 2.88. The third kappa shape index (κ3) is 2.16. The number of aromatic nitrogens is 1. The van der Waals surface area contributed by atoms with Crippen molar-refractivity contribution >= 4 is 34.1 Å². The summed E-state index contributed by atoms with van der Waals surface area (Å²) in [6, 6.07) is 14.3. The van der Waals surface area contributed by atoms with Gasteiger partial charge in [-0.1, -0.05) is 23.2 Å². The van der Waals surface area contributed by atoms with E-state index in [1.807, 2.05) is 18.2 Å².